The van der Waals surface area contributed by atoms with Gasteiger partial charge in [0.2, 0.25) is 0 Å². The van der Waals surface area contributed by atoms with Crippen molar-refractivity contribution in [2.75, 3.05) is 20.7 Å². The van der Waals surface area contributed by atoms with Crippen LogP contribution in [0.2, 0.25) is 0 Å². The molecule has 0 spiro atoms. The predicted molar refractivity (Wildman–Crippen MR) is 128 cm³/mol. The first-order valence-electron chi connectivity index (χ1n) is 11.0. The smallest absolute Gasteiger partial charge is 0.262 e. The lowest BCUT2D eigenvalue weighted by Crippen LogP contribution is -2.39. The number of nitrogens with zero attached hydrogens (tertiary/aromatic N) is 3. The minimum Gasteiger partial charge on any atom is -0.497 e. The first-order chi connectivity index (χ1) is 16.4. The topological polar surface area (TPSA) is 62.2 Å². The van der Waals surface area contributed by atoms with Crippen LogP contribution in [0.1, 0.15) is 39.5 Å². The zero-order valence-electron chi connectivity index (χ0n) is 19.4. The molecule has 3 aromatic carbocycles. The van der Waals surface area contributed by atoms with Crippen LogP contribution in [0.4, 0.5) is 4.39 Å². The SMILES string of the molecule is COc1cccc(C2=NN(C(=O)CN(C)C(=O)c3cccc(F)c3)[C@H](c3ccc(C)cc3)C2)c1. The molecule has 1 aliphatic heterocycles. The average Bonchev–Trinajstić information content (AvgIpc) is 3.30. The van der Waals surface area contributed by atoms with Crippen molar-refractivity contribution < 1.29 is 18.7 Å². The van der Waals surface area contributed by atoms with Gasteiger partial charge in [0.05, 0.1) is 18.9 Å². The molecule has 1 heterocycles. The Kier molecular flexibility index (Phi) is 6.72. The van der Waals surface area contributed by atoms with Crippen LogP contribution >= 0.6 is 0 Å². The minimum absolute atomic E-state index is 0.187. The molecule has 0 unspecified atom stereocenters. The second-order valence-corrected chi connectivity index (χ2v) is 8.32. The minimum atomic E-state index is -0.503. The normalized spacial score (nSPS) is 15.1. The molecule has 6 nitrogen and oxygen atoms in total. The predicted octanol–water partition coefficient (Wildman–Crippen LogP) is 4.59. The lowest BCUT2D eigenvalue weighted by atomic mass is 9.97. The third-order valence-electron chi connectivity index (χ3n) is 5.82. The van der Waals surface area contributed by atoms with Crippen LogP contribution in [0.25, 0.3) is 0 Å². The number of halogens is 1. The molecule has 1 atom stereocenters. The van der Waals surface area contributed by atoms with Crippen LogP contribution in [0.3, 0.4) is 0 Å². The Hall–Kier alpha value is -4.00. The van der Waals surface area contributed by atoms with Crippen molar-refractivity contribution in [1.29, 1.82) is 0 Å². The largest absolute Gasteiger partial charge is 0.497 e. The third kappa shape index (κ3) is 4.98. The average molecular weight is 460 g/mol. The molecule has 174 valence electrons. The summed E-state index contributed by atoms with van der Waals surface area (Å²) in [6.07, 6.45) is 0.531. The van der Waals surface area contributed by atoms with E-state index in [-0.39, 0.29) is 24.1 Å². The van der Waals surface area contributed by atoms with E-state index in [1.165, 1.54) is 35.2 Å². The van der Waals surface area contributed by atoms with Gasteiger partial charge < -0.3 is 9.64 Å². The van der Waals surface area contributed by atoms with Crippen LogP contribution < -0.4 is 4.74 Å². The molecular weight excluding hydrogens is 433 g/mol. The second-order valence-electron chi connectivity index (χ2n) is 8.32. The number of hydrogen-bond acceptors (Lipinski definition) is 4. The summed E-state index contributed by atoms with van der Waals surface area (Å²) in [5.41, 5.74) is 3.90. The number of carbonyl (C=O) groups is 2. The molecule has 7 heteroatoms. The van der Waals surface area contributed by atoms with Crippen LogP contribution in [0.5, 0.6) is 5.75 Å². The first-order valence-corrected chi connectivity index (χ1v) is 11.0. The molecule has 0 saturated carbocycles. The summed E-state index contributed by atoms with van der Waals surface area (Å²) in [5.74, 6) is -0.555. The second kappa shape index (κ2) is 9.87. The maximum Gasteiger partial charge on any atom is 0.262 e. The number of carbonyl (C=O) groups excluding carboxylic acids is 2. The molecular formula is C27H26FN3O3. The van der Waals surface area contributed by atoms with Crippen molar-refractivity contribution in [3.8, 4) is 5.75 Å². The number of likely N-dealkylation sites (N-methyl/N-ethyl adjacent to an activating group) is 1. The Morgan fingerprint density at radius 1 is 1.09 bits per heavy atom. The number of amides is 2. The highest BCUT2D eigenvalue weighted by atomic mass is 19.1. The summed E-state index contributed by atoms with van der Waals surface area (Å²) in [6, 6.07) is 20.7. The lowest BCUT2D eigenvalue weighted by molar-refractivity contribution is -0.133. The van der Waals surface area contributed by atoms with E-state index < -0.39 is 11.7 Å². The third-order valence-corrected chi connectivity index (χ3v) is 5.82. The summed E-state index contributed by atoms with van der Waals surface area (Å²) in [4.78, 5) is 27.3. The number of ether oxygens (including phenoxy) is 1. The van der Waals surface area contributed by atoms with Gasteiger partial charge in [-0.25, -0.2) is 9.40 Å². The highest BCUT2D eigenvalue weighted by Crippen LogP contribution is 2.33. The van der Waals surface area contributed by atoms with E-state index in [1.54, 1.807) is 7.11 Å². The van der Waals surface area contributed by atoms with Crippen molar-refractivity contribution in [2.45, 2.75) is 19.4 Å². The van der Waals surface area contributed by atoms with Crippen molar-refractivity contribution >= 4 is 17.5 Å². The van der Waals surface area contributed by atoms with E-state index in [1.807, 2.05) is 55.5 Å². The Bertz CT molecular complexity index is 1240. The molecule has 34 heavy (non-hydrogen) atoms. The Labute approximate surface area is 198 Å². The van der Waals surface area contributed by atoms with Gasteiger partial charge in [-0.3, -0.25) is 9.59 Å². The highest BCUT2D eigenvalue weighted by Gasteiger charge is 2.34. The molecule has 2 amide bonds. The molecule has 3 aromatic rings. The van der Waals surface area contributed by atoms with E-state index in [0.717, 1.165) is 28.5 Å². The fraction of sp³-hybridized carbons (Fsp3) is 0.222. The van der Waals surface area contributed by atoms with E-state index in [2.05, 4.69) is 5.10 Å². The summed E-state index contributed by atoms with van der Waals surface area (Å²) in [6.45, 7) is 1.82. The van der Waals surface area contributed by atoms with E-state index in [4.69, 9.17) is 4.74 Å². The zero-order valence-corrected chi connectivity index (χ0v) is 19.4. The lowest BCUT2D eigenvalue weighted by Gasteiger charge is -2.25. The molecule has 0 bridgehead atoms. The molecule has 0 saturated heterocycles. The number of hydrogen-bond donors (Lipinski definition) is 0. The number of methoxy groups -OCH3 is 1. The molecule has 4 rings (SSSR count). The van der Waals surface area contributed by atoms with Gasteiger partial charge in [-0.15, -0.1) is 0 Å². The zero-order chi connectivity index (χ0) is 24.2. The van der Waals surface area contributed by atoms with E-state index >= 15 is 0 Å². The Morgan fingerprint density at radius 3 is 2.53 bits per heavy atom. The Morgan fingerprint density at radius 2 is 1.82 bits per heavy atom. The van der Waals surface area contributed by atoms with Gasteiger partial charge in [-0.1, -0.05) is 48.0 Å². The van der Waals surface area contributed by atoms with Crippen LogP contribution in [-0.4, -0.2) is 48.1 Å². The van der Waals surface area contributed by atoms with Gasteiger partial charge >= 0.3 is 0 Å². The van der Waals surface area contributed by atoms with E-state index in [0.29, 0.717) is 12.2 Å². The van der Waals surface area contributed by atoms with E-state index in [9.17, 15) is 14.0 Å². The Balaban J connectivity index is 1.60. The number of aryl methyl sites for hydroxylation is 1. The van der Waals surface area contributed by atoms with Gasteiger partial charge in [0, 0.05) is 24.6 Å². The summed E-state index contributed by atoms with van der Waals surface area (Å²) < 4.78 is 18.9. The standard InChI is InChI=1S/C27H26FN3O3/c1-18-10-12-19(13-11-18)25-16-24(20-6-5-9-23(15-20)34-3)29-31(25)26(32)17-30(2)27(33)21-7-4-8-22(28)14-21/h4-15,25H,16-17H2,1-3H3/t25-/m0/s1. The maximum atomic E-state index is 13.6. The maximum absolute atomic E-state index is 13.6. The first kappa shape index (κ1) is 23.2. The highest BCUT2D eigenvalue weighted by molar-refractivity contribution is 6.04. The molecule has 0 aliphatic carbocycles. The van der Waals surface area contributed by atoms with Crippen LogP contribution in [-0.2, 0) is 4.79 Å². The molecule has 1 aliphatic rings. The van der Waals surface area contributed by atoms with Gasteiger partial charge in [-0.2, -0.15) is 5.10 Å². The van der Waals surface area contributed by atoms with Crippen molar-refractivity contribution in [2.24, 2.45) is 5.10 Å². The van der Waals surface area contributed by atoms with Gasteiger partial charge in [0.15, 0.2) is 0 Å². The van der Waals surface area contributed by atoms with Gasteiger partial charge in [-0.05, 0) is 42.8 Å². The summed E-state index contributed by atoms with van der Waals surface area (Å²) in [5, 5.41) is 6.11. The van der Waals surface area contributed by atoms with Crippen LogP contribution in [0, 0.1) is 12.7 Å². The number of hydrazone groups is 1. The monoisotopic (exact) mass is 459 g/mol. The summed E-state index contributed by atoms with van der Waals surface area (Å²) >= 11 is 0. The molecule has 0 fully saturated rings. The molecule has 0 N–H and O–H groups in total. The van der Waals surface area contributed by atoms with Crippen molar-refractivity contribution in [1.82, 2.24) is 9.91 Å². The van der Waals surface area contributed by atoms with Crippen molar-refractivity contribution in [3.05, 3.63) is 101 Å². The fourth-order valence-electron chi connectivity index (χ4n) is 3.95. The van der Waals surface area contributed by atoms with Gasteiger partial charge in [0.1, 0.15) is 18.1 Å². The van der Waals surface area contributed by atoms with Crippen LogP contribution in [0.15, 0.2) is 77.9 Å². The molecule has 0 radical (unpaired) electrons. The molecule has 0 aromatic heterocycles. The fourth-order valence-corrected chi connectivity index (χ4v) is 3.95. The summed E-state index contributed by atoms with van der Waals surface area (Å²) in [7, 11) is 3.13. The van der Waals surface area contributed by atoms with Crippen molar-refractivity contribution in [3.63, 3.8) is 0 Å². The number of benzene rings is 3. The quantitative estimate of drug-likeness (QED) is 0.542. The van der Waals surface area contributed by atoms with Gasteiger partial charge in [0.25, 0.3) is 11.8 Å². The number of rotatable bonds is 6.